The number of unbranched alkanes of at least 4 members (excludes halogenated alkanes) is 1. The van der Waals surface area contributed by atoms with Crippen molar-refractivity contribution in [3.8, 4) is 0 Å². The summed E-state index contributed by atoms with van der Waals surface area (Å²) in [7, 11) is 1.66. The lowest BCUT2D eigenvalue weighted by atomic mass is 9.92. The predicted molar refractivity (Wildman–Crippen MR) is 159 cm³/mol. The molecule has 0 saturated carbocycles. The summed E-state index contributed by atoms with van der Waals surface area (Å²) in [5, 5.41) is 5.67. The highest BCUT2D eigenvalue weighted by atomic mass is 16.6. The number of amides is 1. The lowest BCUT2D eigenvalue weighted by Gasteiger charge is -2.29. The Morgan fingerprint density at radius 2 is 1.31 bits per heavy atom. The number of rotatable bonds is 20. The van der Waals surface area contributed by atoms with Crippen LogP contribution in [0.4, 0.5) is 0 Å². The van der Waals surface area contributed by atoms with Crippen molar-refractivity contribution in [1.82, 2.24) is 10.6 Å². The summed E-state index contributed by atoms with van der Waals surface area (Å²) in [4.78, 5) is 62.9. The van der Waals surface area contributed by atoms with Crippen molar-refractivity contribution in [1.29, 1.82) is 0 Å². The fraction of sp³-hybridized carbons (Fsp3) is 0.656. The van der Waals surface area contributed by atoms with Crippen molar-refractivity contribution < 1.29 is 38.2 Å². The summed E-state index contributed by atoms with van der Waals surface area (Å²) < 4.78 is 16.7. The SMILES string of the molecule is CNC(CC(C)C)C(=O)OCC(C)(COC(=O)C(CC(C)C)NC(=O)CCCCC(C)=O)C(=O)OCc1ccccc1. The molecule has 0 aromatic heterocycles. The first-order chi connectivity index (χ1) is 19.8. The number of carbonyl (C=O) groups is 5. The van der Waals surface area contributed by atoms with E-state index in [-0.39, 0.29) is 43.2 Å². The van der Waals surface area contributed by atoms with Crippen LogP contribution in [-0.2, 0) is 44.8 Å². The number of carbonyl (C=O) groups excluding carboxylic acids is 5. The number of Topliss-reactive ketones (excluding diaryl/α,β-unsaturated/α-hetero) is 1. The van der Waals surface area contributed by atoms with E-state index in [1.807, 2.05) is 58.0 Å². The van der Waals surface area contributed by atoms with E-state index in [0.29, 0.717) is 32.1 Å². The van der Waals surface area contributed by atoms with Crippen LogP contribution in [-0.4, -0.2) is 61.9 Å². The van der Waals surface area contributed by atoms with Gasteiger partial charge in [0.1, 0.15) is 43.1 Å². The van der Waals surface area contributed by atoms with Gasteiger partial charge in [-0.1, -0.05) is 58.0 Å². The second kappa shape index (κ2) is 19.0. The summed E-state index contributed by atoms with van der Waals surface area (Å²) in [6.07, 6.45) is 2.58. The van der Waals surface area contributed by atoms with Crippen LogP contribution >= 0.6 is 0 Å². The molecular weight excluding hydrogens is 540 g/mol. The van der Waals surface area contributed by atoms with Crippen molar-refractivity contribution in [2.45, 2.75) is 98.8 Å². The molecular formula is C32H50N2O8. The minimum Gasteiger partial charge on any atom is -0.463 e. The van der Waals surface area contributed by atoms with Crippen molar-refractivity contribution in [2.75, 3.05) is 20.3 Å². The molecule has 1 rings (SSSR count). The molecule has 10 nitrogen and oxygen atoms in total. The number of benzene rings is 1. The fourth-order valence-electron chi connectivity index (χ4n) is 4.13. The highest BCUT2D eigenvalue weighted by Crippen LogP contribution is 2.23. The molecule has 0 spiro atoms. The quantitative estimate of drug-likeness (QED) is 0.130. The summed E-state index contributed by atoms with van der Waals surface area (Å²) in [6, 6.07) is 7.65. The monoisotopic (exact) mass is 590 g/mol. The van der Waals surface area contributed by atoms with E-state index >= 15 is 0 Å². The molecule has 1 amide bonds. The molecule has 0 fully saturated rings. The Kier molecular flexibility index (Phi) is 16.6. The van der Waals surface area contributed by atoms with Gasteiger partial charge in [0, 0.05) is 12.8 Å². The fourth-order valence-corrected chi connectivity index (χ4v) is 4.13. The number of nitrogens with one attached hydrogen (secondary N) is 2. The smallest absolute Gasteiger partial charge is 0.328 e. The van der Waals surface area contributed by atoms with Crippen LogP contribution in [0.2, 0.25) is 0 Å². The van der Waals surface area contributed by atoms with E-state index in [9.17, 15) is 24.0 Å². The third kappa shape index (κ3) is 14.6. The van der Waals surface area contributed by atoms with Crippen LogP contribution in [0.25, 0.3) is 0 Å². The van der Waals surface area contributed by atoms with Crippen LogP contribution in [0.1, 0.15) is 85.6 Å². The molecule has 0 bridgehead atoms. The van der Waals surface area contributed by atoms with E-state index in [4.69, 9.17) is 14.2 Å². The number of hydrogen-bond acceptors (Lipinski definition) is 9. The summed E-state index contributed by atoms with van der Waals surface area (Å²) in [5.74, 6) is -1.84. The Labute approximate surface area is 250 Å². The van der Waals surface area contributed by atoms with Crippen molar-refractivity contribution in [3.63, 3.8) is 0 Å². The summed E-state index contributed by atoms with van der Waals surface area (Å²) >= 11 is 0. The van der Waals surface area contributed by atoms with Gasteiger partial charge in [-0.15, -0.1) is 0 Å². The summed E-state index contributed by atoms with van der Waals surface area (Å²) in [5.41, 5.74) is -0.715. The second-order valence-corrected chi connectivity index (χ2v) is 12.0. The van der Waals surface area contributed by atoms with Gasteiger partial charge in [0.15, 0.2) is 0 Å². The molecule has 3 unspecified atom stereocenters. The molecule has 1 aromatic carbocycles. The number of likely N-dealkylation sites (N-methyl/N-ethyl adjacent to an activating group) is 1. The van der Waals surface area contributed by atoms with Crippen LogP contribution in [0, 0.1) is 17.3 Å². The van der Waals surface area contributed by atoms with E-state index in [0.717, 1.165) is 5.56 Å². The largest absolute Gasteiger partial charge is 0.463 e. The molecule has 42 heavy (non-hydrogen) atoms. The summed E-state index contributed by atoms with van der Waals surface area (Å²) in [6.45, 7) is 10.1. The van der Waals surface area contributed by atoms with Gasteiger partial charge in [0.2, 0.25) is 5.91 Å². The Balaban J connectivity index is 2.97. The van der Waals surface area contributed by atoms with Gasteiger partial charge in [-0.3, -0.25) is 14.4 Å². The van der Waals surface area contributed by atoms with Crippen LogP contribution in [0.5, 0.6) is 0 Å². The van der Waals surface area contributed by atoms with Crippen molar-refractivity contribution in [2.24, 2.45) is 17.3 Å². The van der Waals surface area contributed by atoms with E-state index in [2.05, 4.69) is 10.6 Å². The molecule has 2 N–H and O–H groups in total. The normalized spacial score (nSPS) is 14.0. The van der Waals surface area contributed by atoms with Crippen LogP contribution in [0.3, 0.4) is 0 Å². The molecule has 0 heterocycles. The van der Waals surface area contributed by atoms with E-state index in [1.165, 1.54) is 13.8 Å². The molecule has 0 aliphatic heterocycles. The average Bonchev–Trinajstić information content (AvgIpc) is 2.94. The number of ether oxygens (including phenoxy) is 3. The topological polar surface area (TPSA) is 137 Å². The first-order valence-corrected chi connectivity index (χ1v) is 14.8. The maximum atomic E-state index is 13.3. The Morgan fingerprint density at radius 1 is 0.786 bits per heavy atom. The Hall–Kier alpha value is -3.27. The molecule has 10 heteroatoms. The number of hydrogen-bond donors (Lipinski definition) is 2. The predicted octanol–water partition coefficient (Wildman–Crippen LogP) is 4.14. The van der Waals surface area contributed by atoms with Crippen LogP contribution in [0.15, 0.2) is 30.3 Å². The lowest BCUT2D eigenvalue weighted by Crippen LogP contribution is -2.46. The van der Waals surface area contributed by atoms with Crippen LogP contribution < -0.4 is 10.6 Å². The molecule has 0 saturated heterocycles. The molecule has 3 atom stereocenters. The van der Waals surface area contributed by atoms with Gasteiger partial charge >= 0.3 is 17.9 Å². The molecule has 1 aromatic rings. The minimum absolute atomic E-state index is 0.000688. The van der Waals surface area contributed by atoms with E-state index < -0.39 is 42.0 Å². The van der Waals surface area contributed by atoms with E-state index in [1.54, 1.807) is 7.05 Å². The van der Waals surface area contributed by atoms with Gasteiger partial charge in [0.05, 0.1) is 0 Å². The highest BCUT2D eigenvalue weighted by Gasteiger charge is 2.40. The second-order valence-electron chi connectivity index (χ2n) is 12.0. The minimum atomic E-state index is -1.49. The van der Waals surface area contributed by atoms with Crippen molar-refractivity contribution in [3.05, 3.63) is 35.9 Å². The van der Waals surface area contributed by atoms with Gasteiger partial charge in [-0.25, -0.2) is 4.79 Å². The van der Waals surface area contributed by atoms with Gasteiger partial charge < -0.3 is 29.6 Å². The third-order valence-corrected chi connectivity index (χ3v) is 6.62. The molecule has 0 radical (unpaired) electrons. The zero-order valence-electron chi connectivity index (χ0n) is 26.3. The van der Waals surface area contributed by atoms with Crippen molar-refractivity contribution >= 4 is 29.6 Å². The Bertz CT molecular complexity index is 1010. The van der Waals surface area contributed by atoms with Gasteiger partial charge in [-0.05, 0) is 64.0 Å². The Morgan fingerprint density at radius 3 is 1.83 bits per heavy atom. The average molecular weight is 591 g/mol. The first-order valence-electron chi connectivity index (χ1n) is 14.8. The van der Waals surface area contributed by atoms with Gasteiger partial charge in [-0.2, -0.15) is 0 Å². The molecule has 236 valence electrons. The first kappa shape index (κ1) is 36.8. The maximum Gasteiger partial charge on any atom is 0.328 e. The lowest BCUT2D eigenvalue weighted by molar-refractivity contribution is -0.172. The van der Waals surface area contributed by atoms with Gasteiger partial charge in [0.25, 0.3) is 0 Å². The zero-order valence-corrected chi connectivity index (χ0v) is 26.3. The third-order valence-electron chi connectivity index (χ3n) is 6.62. The number of esters is 3. The standard InChI is InChI=1S/C32H50N2O8/c1-22(2)17-26(33-7)29(37)41-20-32(6,31(39)40-19-25-14-9-8-10-15-25)21-42-30(38)27(18-23(3)4)34-28(36)16-12-11-13-24(5)35/h8-10,14-15,22-23,26-27,33H,11-13,16-21H2,1-7H3,(H,34,36). The molecule has 0 aliphatic rings. The zero-order chi connectivity index (χ0) is 31.7. The highest BCUT2D eigenvalue weighted by molar-refractivity contribution is 5.85. The number of ketones is 1. The molecule has 0 aliphatic carbocycles. The maximum absolute atomic E-state index is 13.3.